The smallest absolute Gasteiger partial charge is 0.237 e. The fraction of sp³-hybridized carbons (Fsp3) is 0.235. The van der Waals surface area contributed by atoms with Gasteiger partial charge in [0.1, 0.15) is 5.75 Å². The first-order valence-corrected chi connectivity index (χ1v) is 8.54. The van der Waals surface area contributed by atoms with Crippen LogP contribution in [0.1, 0.15) is 12.5 Å². The number of hydrogen-bond donors (Lipinski definition) is 1. The third kappa shape index (κ3) is 4.52. The molecular formula is C17H18BrNO2S. The van der Waals surface area contributed by atoms with Crippen molar-refractivity contribution in [3.05, 3.63) is 52.5 Å². The maximum absolute atomic E-state index is 12.3. The summed E-state index contributed by atoms with van der Waals surface area (Å²) < 4.78 is 6.16. The lowest BCUT2D eigenvalue weighted by molar-refractivity contribution is -0.115. The molecule has 0 saturated heterocycles. The molecule has 0 spiro atoms. The molecule has 0 aliphatic carbocycles. The molecule has 0 aliphatic rings. The molecule has 5 heteroatoms. The molecule has 2 aromatic rings. The Bertz CT molecular complexity index is 658. The van der Waals surface area contributed by atoms with Gasteiger partial charge in [0.25, 0.3) is 0 Å². The highest BCUT2D eigenvalue weighted by Gasteiger charge is 2.15. The van der Waals surface area contributed by atoms with Crippen LogP contribution >= 0.6 is 27.7 Å². The van der Waals surface area contributed by atoms with Crippen LogP contribution in [0.5, 0.6) is 5.75 Å². The van der Waals surface area contributed by atoms with Crippen LogP contribution in [-0.2, 0) is 4.79 Å². The van der Waals surface area contributed by atoms with Crippen LogP contribution in [0.3, 0.4) is 0 Å². The number of halogens is 1. The fourth-order valence-electron chi connectivity index (χ4n) is 1.88. The Balaban J connectivity index is 1.97. The van der Waals surface area contributed by atoms with E-state index < -0.39 is 0 Å². The second-order valence-electron chi connectivity index (χ2n) is 4.89. The number of thioether (sulfide) groups is 1. The zero-order valence-electron chi connectivity index (χ0n) is 12.7. The van der Waals surface area contributed by atoms with Gasteiger partial charge in [0, 0.05) is 15.1 Å². The Hall–Kier alpha value is -1.46. The van der Waals surface area contributed by atoms with Gasteiger partial charge >= 0.3 is 0 Å². The molecule has 0 heterocycles. The highest BCUT2D eigenvalue weighted by molar-refractivity contribution is 9.10. The van der Waals surface area contributed by atoms with Crippen molar-refractivity contribution < 1.29 is 9.53 Å². The minimum atomic E-state index is -0.183. The highest BCUT2D eigenvalue weighted by atomic mass is 79.9. The van der Waals surface area contributed by atoms with Crippen LogP contribution in [0, 0.1) is 6.92 Å². The van der Waals surface area contributed by atoms with Gasteiger partial charge in [0.15, 0.2) is 0 Å². The Morgan fingerprint density at radius 2 is 1.91 bits per heavy atom. The summed E-state index contributed by atoms with van der Waals surface area (Å²) >= 11 is 4.97. The average molecular weight is 380 g/mol. The maximum Gasteiger partial charge on any atom is 0.237 e. The van der Waals surface area contributed by atoms with Gasteiger partial charge in [0.05, 0.1) is 12.4 Å². The quantitative estimate of drug-likeness (QED) is 0.751. The Morgan fingerprint density at radius 3 is 2.50 bits per heavy atom. The van der Waals surface area contributed by atoms with Crippen molar-refractivity contribution >= 4 is 39.3 Å². The molecule has 0 unspecified atom stereocenters. The van der Waals surface area contributed by atoms with Gasteiger partial charge in [0.2, 0.25) is 5.91 Å². The van der Waals surface area contributed by atoms with E-state index in [1.54, 1.807) is 7.11 Å². The van der Waals surface area contributed by atoms with Crippen LogP contribution in [0.25, 0.3) is 0 Å². The number of methoxy groups -OCH3 is 1. The molecule has 22 heavy (non-hydrogen) atoms. The molecule has 0 fully saturated rings. The summed E-state index contributed by atoms with van der Waals surface area (Å²) in [4.78, 5) is 13.3. The van der Waals surface area contributed by atoms with Gasteiger partial charge in [-0.05, 0) is 61.9 Å². The minimum absolute atomic E-state index is 0.0115. The van der Waals surface area contributed by atoms with Crippen molar-refractivity contribution in [3.8, 4) is 5.75 Å². The summed E-state index contributed by atoms with van der Waals surface area (Å²) in [6.07, 6.45) is 0. The number of anilines is 1. The van der Waals surface area contributed by atoms with E-state index in [4.69, 9.17) is 4.74 Å². The molecule has 0 saturated carbocycles. The number of aryl methyl sites for hydroxylation is 1. The number of hydrogen-bond acceptors (Lipinski definition) is 3. The van der Waals surface area contributed by atoms with E-state index in [1.807, 2.05) is 56.3 Å². The average Bonchev–Trinajstić information content (AvgIpc) is 2.51. The normalized spacial score (nSPS) is 11.8. The molecule has 0 aromatic heterocycles. The number of amides is 1. The van der Waals surface area contributed by atoms with Crippen LogP contribution in [0.15, 0.2) is 51.8 Å². The van der Waals surface area contributed by atoms with Crippen molar-refractivity contribution in [2.24, 2.45) is 0 Å². The summed E-state index contributed by atoms with van der Waals surface area (Å²) in [5, 5.41) is 2.76. The van der Waals surface area contributed by atoms with Crippen molar-refractivity contribution in [1.82, 2.24) is 0 Å². The first-order chi connectivity index (χ1) is 10.5. The van der Waals surface area contributed by atoms with E-state index in [9.17, 15) is 4.79 Å². The predicted molar refractivity (Wildman–Crippen MR) is 95.8 cm³/mol. The second kappa shape index (κ2) is 7.70. The zero-order chi connectivity index (χ0) is 16.1. The molecule has 0 bridgehead atoms. The summed E-state index contributed by atoms with van der Waals surface area (Å²) in [5.41, 5.74) is 1.90. The SMILES string of the molecule is COc1ccc(S[C@@H](C)C(=O)Nc2ccc(Br)c(C)c2)cc1. The molecule has 3 nitrogen and oxygen atoms in total. The van der Waals surface area contributed by atoms with Crippen molar-refractivity contribution in [2.45, 2.75) is 24.0 Å². The van der Waals surface area contributed by atoms with E-state index in [-0.39, 0.29) is 11.2 Å². The molecule has 0 radical (unpaired) electrons. The van der Waals surface area contributed by atoms with Gasteiger partial charge < -0.3 is 10.1 Å². The lowest BCUT2D eigenvalue weighted by atomic mass is 10.2. The van der Waals surface area contributed by atoms with Gasteiger partial charge in [-0.2, -0.15) is 0 Å². The molecular weight excluding hydrogens is 362 g/mol. The molecule has 1 N–H and O–H groups in total. The topological polar surface area (TPSA) is 38.3 Å². The standard InChI is InChI=1S/C17H18BrNO2S/c1-11-10-13(4-9-16(11)18)19-17(20)12(2)22-15-7-5-14(21-3)6-8-15/h4-10,12H,1-3H3,(H,19,20)/t12-/m0/s1. The Labute approximate surface area is 143 Å². The fourth-order valence-corrected chi connectivity index (χ4v) is 2.99. The molecule has 1 atom stereocenters. The zero-order valence-corrected chi connectivity index (χ0v) is 15.1. The van der Waals surface area contributed by atoms with E-state index in [1.165, 1.54) is 11.8 Å². The number of ether oxygens (including phenoxy) is 1. The third-order valence-electron chi connectivity index (χ3n) is 3.17. The summed E-state index contributed by atoms with van der Waals surface area (Å²) in [5.74, 6) is 0.800. The van der Waals surface area contributed by atoms with Crippen molar-refractivity contribution in [2.75, 3.05) is 12.4 Å². The molecule has 2 rings (SSSR count). The van der Waals surface area contributed by atoms with Crippen molar-refractivity contribution in [1.29, 1.82) is 0 Å². The first-order valence-electron chi connectivity index (χ1n) is 6.87. The first kappa shape index (κ1) is 16.9. The number of benzene rings is 2. The number of rotatable bonds is 5. The predicted octanol–water partition coefficient (Wildman–Crippen LogP) is 4.89. The van der Waals surface area contributed by atoms with E-state index in [2.05, 4.69) is 21.2 Å². The Morgan fingerprint density at radius 1 is 1.23 bits per heavy atom. The lowest BCUT2D eigenvalue weighted by Crippen LogP contribution is -2.22. The van der Waals surface area contributed by atoms with E-state index in [0.717, 1.165) is 26.4 Å². The third-order valence-corrected chi connectivity index (χ3v) is 5.17. The molecule has 116 valence electrons. The maximum atomic E-state index is 12.3. The highest BCUT2D eigenvalue weighted by Crippen LogP contribution is 2.26. The second-order valence-corrected chi connectivity index (χ2v) is 7.16. The van der Waals surface area contributed by atoms with Crippen LogP contribution in [-0.4, -0.2) is 18.3 Å². The number of nitrogens with one attached hydrogen (secondary N) is 1. The van der Waals surface area contributed by atoms with Gasteiger partial charge in [-0.1, -0.05) is 15.9 Å². The molecule has 0 aliphatic heterocycles. The lowest BCUT2D eigenvalue weighted by Gasteiger charge is -2.13. The molecule has 1 amide bonds. The number of carbonyl (C=O) groups excluding carboxylic acids is 1. The van der Waals surface area contributed by atoms with Crippen LogP contribution < -0.4 is 10.1 Å². The monoisotopic (exact) mass is 379 g/mol. The largest absolute Gasteiger partial charge is 0.497 e. The Kier molecular flexibility index (Phi) is 5.91. The van der Waals surface area contributed by atoms with Gasteiger partial charge in [-0.3, -0.25) is 4.79 Å². The summed E-state index contributed by atoms with van der Waals surface area (Å²) in [6, 6.07) is 13.5. The van der Waals surface area contributed by atoms with E-state index >= 15 is 0 Å². The molecule has 2 aromatic carbocycles. The minimum Gasteiger partial charge on any atom is -0.497 e. The van der Waals surface area contributed by atoms with E-state index in [0.29, 0.717) is 0 Å². The number of carbonyl (C=O) groups is 1. The van der Waals surface area contributed by atoms with Gasteiger partial charge in [-0.15, -0.1) is 11.8 Å². The summed E-state index contributed by atoms with van der Waals surface area (Å²) in [6.45, 7) is 3.89. The van der Waals surface area contributed by atoms with Crippen LogP contribution in [0.2, 0.25) is 0 Å². The van der Waals surface area contributed by atoms with Gasteiger partial charge in [-0.25, -0.2) is 0 Å². The summed E-state index contributed by atoms with van der Waals surface area (Å²) in [7, 11) is 1.64. The van der Waals surface area contributed by atoms with Crippen LogP contribution in [0.4, 0.5) is 5.69 Å². The van der Waals surface area contributed by atoms with Crippen molar-refractivity contribution in [3.63, 3.8) is 0 Å².